The number of rotatable bonds is 6. The van der Waals surface area contributed by atoms with Crippen LogP contribution in [0.1, 0.15) is 27.2 Å². The Morgan fingerprint density at radius 2 is 1.58 bits per heavy atom. The van der Waals surface area contributed by atoms with Crippen molar-refractivity contribution in [1.29, 1.82) is 0 Å². The fourth-order valence-electron chi connectivity index (χ4n) is 6.03. The number of carbonyl (C=O) groups excluding carboxylic acids is 1. The van der Waals surface area contributed by atoms with E-state index in [0.29, 0.717) is 48.3 Å². The van der Waals surface area contributed by atoms with Gasteiger partial charge in [0, 0.05) is 57.3 Å². The molecule has 3 N–H and O–H groups in total. The Morgan fingerprint density at radius 3 is 2.28 bits per heavy atom. The Morgan fingerprint density at radius 1 is 0.900 bits per heavy atom. The summed E-state index contributed by atoms with van der Waals surface area (Å²) in [5.41, 5.74) is 4.98. The predicted octanol–water partition coefficient (Wildman–Crippen LogP) is 3.30. The van der Waals surface area contributed by atoms with Gasteiger partial charge >= 0.3 is 6.18 Å². The molecule has 2 saturated heterocycles. The number of carbonyl (C=O) groups is 1. The molecule has 2 aliphatic rings. The molecule has 7 rings (SSSR count). The number of piperazine rings is 1. The van der Waals surface area contributed by atoms with Gasteiger partial charge in [0.2, 0.25) is 11.9 Å². The number of nitrogens with one attached hydrogen (secondary N) is 1. The largest absolute Gasteiger partial charge is 0.417 e. The molecule has 0 atom stereocenters. The number of aromatic amines is 1. The van der Waals surface area contributed by atoms with E-state index in [1.807, 2.05) is 0 Å². The summed E-state index contributed by atoms with van der Waals surface area (Å²) >= 11 is 0. The molecule has 3 aromatic heterocycles. The monoisotopic (exact) mass is 690 g/mol. The molecule has 258 valence electrons. The van der Waals surface area contributed by atoms with Gasteiger partial charge in [-0.2, -0.15) is 33.2 Å². The quantitative estimate of drug-likeness (QED) is 0.252. The number of hydrogen-bond donors (Lipinski definition) is 2. The second-order valence-electron chi connectivity index (χ2n) is 11.8. The zero-order chi connectivity index (χ0) is 35.0. The van der Waals surface area contributed by atoms with Crippen molar-refractivity contribution in [3.8, 4) is 11.4 Å². The molecule has 0 spiro atoms. The van der Waals surface area contributed by atoms with Gasteiger partial charge in [-0.25, -0.2) is 14.5 Å². The summed E-state index contributed by atoms with van der Waals surface area (Å²) in [6.45, 7) is 2.41. The zero-order valence-electron chi connectivity index (χ0n) is 26.5. The van der Waals surface area contributed by atoms with Crippen molar-refractivity contribution in [3.05, 3.63) is 93.3 Å². The third kappa shape index (κ3) is 6.63. The molecule has 50 heavy (non-hydrogen) atoms. The van der Waals surface area contributed by atoms with Crippen LogP contribution in [0.5, 0.6) is 0 Å². The lowest BCUT2D eigenvalue weighted by atomic mass is 10.0. The van der Waals surface area contributed by atoms with Gasteiger partial charge < -0.3 is 25.2 Å². The number of amides is 1. The predicted molar refractivity (Wildman–Crippen MR) is 175 cm³/mol. The Kier molecular flexibility index (Phi) is 8.73. The van der Waals surface area contributed by atoms with E-state index in [9.17, 15) is 22.8 Å². The normalized spacial score (nSPS) is 15.5. The molecule has 2 fully saturated rings. The Balaban J connectivity index is 1.13. The van der Waals surface area contributed by atoms with Gasteiger partial charge in [0.1, 0.15) is 11.6 Å². The van der Waals surface area contributed by atoms with Gasteiger partial charge in [0.15, 0.2) is 5.82 Å². The van der Waals surface area contributed by atoms with Gasteiger partial charge in [-0.15, -0.1) is 0 Å². The molecule has 13 nitrogen and oxygen atoms in total. The molecule has 2 aliphatic heterocycles. The molecular weight excluding hydrogens is 660 g/mol. The minimum absolute atomic E-state index is 0.114. The maximum atomic E-state index is 15.1. The van der Waals surface area contributed by atoms with Crippen LogP contribution in [0.2, 0.25) is 0 Å². The highest BCUT2D eigenvalue weighted by molar-refractivity contribution is 5.95. The van der Waals surface area contributed by atoms with Crippen LogP contribution in [0.15, 0.2) is 59.5 Å². The highest BCUT2D eigenvalue weighted by atomic mass is 19.4. The number of anilines is 3. The molecule has 2 aromatic carbocycles. The number of nitrogens with zero attached hydrogens (tertiary/aromatic N) is 8. The number of benzene rings is 2. The van der Waals surface area contributed by atoms with Crippen LogP contribution in [0, 0.1) is 5.82 Å². The van der Waals surface area contributed by atoms with E-state index in [2.05, 4.69) is 30.1 Å². The summed E-state index contributed by atoms with van der Waals surface area (Å²) in [5, 5.41) is 7.80. The summed E-state index contributed by atoms with van der Waals surface area (Å²) in [6, 6.07) is 12.0. The first-order valence-electron chi connectivity index (χ1n) is 15.8. The molecular formula is C33H30F4N10O3. The van der Waals surface area contributed by atoms with Crippen molar-refractivity contribution in [2.75, 3.05) is 68.0 Å². The van der Waals surface area contributed by atoms with Crippen LogP contribution in [-0.2, 0) is 17.3 Å². The average Bonchev–Trinajstić information content (AvgIpc) is 3.13. The first kappa shape index (κ1) is 32.8. The van der Waals surface area contributed by atoms with Crippen molar-refractivity contribution < 1.29 is 27.1 Å². The molecule has 0 saturated carbocycles. The number of fused-ring (bicyclic) bond motifs is 1. The van der Waals surface area contributed by atoms with Crippen molar-refractivity contribution >= 4 is 34.4 Å². The summed E-state index contributed by atoms with van der Waals surface area (Å²) in [5.74, 6) is -1.42. The first-order valence-corrected chi connectivity index (χ1v) is 15.8. The van der Waals surface area contributed by atoms with Gasteiger partial charge in [-0.1, -0.05) is 24.3 Å². The molecule has 0 aliphatic carbocycles. The van der Waals surface area contributed by atoms with Crippen LogP contribution in [0.25, 0.3) is 22.2 Å². The van der Waals surface area contributed by atoms with Gasteiger partial charge in [-0.05, 0) is 29.8 Å². The lowest BCUT2D eigenvalue weighted by Gasteiger charge is -2.35. The smallest absolute Gasteiger partial charge is 0.384 e. The third-order valence-corrected chi connectivity index (χ3v) is 8.63. The highest BCUT2D eigenvalue weighted by Crippen LogP contribution is 2.37. The van der Waals surface area contributed by atoms with Crippen molar-refractivity contribution in [2.24, 2.45) is 0 Å². The van der Waals surface area contributed by atoms with E-state index in [1.54, 1.807) is 40.1 Å². The molecule has 1 amide bonds. The maximum Gasteiger partial charge on any atom is 0.417 e. The number of nitrogen functional groups attached to an aromatic ring is 1. The second kappa shape index (κ2) is 13.3. The van der Waals surface area contributed by atoms with E-state index in [-0.39, 0.29) is 72.8 Å². The first-order chi connectivity index (χ1) is 24.0. The van der Waals surface area contributed by atoms with E-state index >= 15 is 4.39 Å². The summed E-state index contributed by atoms with van der Waals surface area (Å²) in [7, 11) is 0. The topological polar surface area (TPSA) is 159 Å². The molecule has 17 heteroatoms. The lowest BCUT2D eigenvalue weighted by molar-refractivity contribution is -0.137. The fourth-order valence-corrected chi connectivity index (χ4v) is 6.03. The molecule has 0 bridgehead atoms. The fraction of sp³-hybridized carbons (Fsp3) is 0.303. The minimum Gasteiger partial charge on any atom is -0.384 e. The van der Waals surface area contributed by atoms with Crippen LogP contribution < -0.4 is 21.1 Å². The number of morpholine rings is 1. The highest BCUT2D eigenvalue weighted by Gasteiger charge is 2.36. The van der Waals surface area contributed by atoms with Gasteiger partial charge in [0.25, 0.3) is 11.5 Å². The van der Waals surface area contributed by atoms with Crippen molar-refractivity contribution in [3.63, 3.8) is 0 Å². The molecule has 5 aromatic rings. The number of alkyl halides is 3. The zero-order valence-corrected chi connectivity index (χ0v) is 26.5. The van der Waals surface area contributed by atoms with Gasteiger partial charge in [0.05, 0.1) is 41.0 Å². The third-order valence-electron chi connectivity index (χ3n) is 8.63. The van der Waals surface area contributed by atoms with Crippen LogP contribution >= 0.6 is 0 Å². The van der Waals surface area contributed by atoms with Crippen LogP contribution in [0.3, 0.4) is 0 Å². The Labute approximate surface area is 281 Å². The summed E-state index contributed by atoms with van der Waals surface area (Å²) in [4.78, 5) is 48.1. The summed E-state index contributed by atoms with van der Waals surface area (Å²) < 4.78 is 62.6. The molecule has 0 radical (unpaired) electrons. The molecule has 5 heterocycles. The van der Waals surface area contributed by atoms with E-state index in [0.717, 1.165) is 12.3 Å². The number of H-pyrrole nitrogens is 1. The van der Waals surface area contributed by atoms with Crippen LogP contribution in [0.4, 0.5) is 35.3 Å². The average molecular weight is 691 g/mol. The Hall–Kier alpha value is -5.71. The number of aromatic nitrogens is 6. The number of nitrogens with two attached hydrogens (primary N) is 1. The summed E-state index contributed by atoms with van der Waals surface area (Å²) in [6.07, 6.45) is -3.51. The maximum absolute atomic E-state index is 15.1. The molecule has 0 unspecified atom stereocenters. The van der Waals surface area contributed by atoms with Crippen molar-refractivity contribution in [2.45, 2.75) is 12.6 Å². The second-order valence-corrected chi connectivity index (χ2v) is 11.8. The number of pyridine rings is 1. The minimum atomic E-state index is -4.75. The number of hydrogen-bond acceptors (Lipinski definition) is 11. The standard InChI is InChI=1S/C33H30F4N10O3/c34-25-6-5-19(16-26-20-3-1-2-4-21(20)29(48)44-43-26)15-22(25)30(49)45-7-9-46(10-8-45)31-40-28(41-32(42-31)47-11-13-50-14-12-47)23-18-39-27(38)17-24(23)33(35,36)37/h1-6,15,17-18H,7-14,16H2,(H2,38,39)(H,44,48). The van der Waals surface area contributed by atoms with E-state index < -0.39 is 23.5 Å². The van der Waals surface area contributed by atoms with Gasteiger partial charge in [-0.3, -0.25) is 9.59 Å². The lowest BCUT2D eigenvalue weighted by Crippen LogP contribution is -2.49. The SMILES string of the molecule is Nc1cc(C(F)(F)F)c(-c2nc(N3CCOCC3)nc(N3CCN(C(=O)c4cc(Cc5n[nH]c(=O)c6ccccc56)ccc4F)CC3)n2)cn1. The number of ether oxygens (including phenoxy) is 1. The number of halogens is 4. The van der Waals surface area contributed by atoms with E-state index in [1.165, 1.54) is 17.0 Å². The van der Waals surface area contributed by atoms with Crippen molar-refractivity contribution in [1.82, 2.24) is 35.0 Å². The van der Waals surface area contributed by atoms with Crippen LogP contribution in [-0.4, -0.2) is 93.4 Å². The van der Waals surface area contributed by atoms with E-state index in [4.69, 9.17) is 10.5 Å². The Bertz CT molecular complexity index is 2130.